The number of halogens is 7. The molecule has 0 aliphatic heterocycles. The Morgan fingerprint density at radius 3 is 1.88 bits per heavy atom. The van der Waals surface area contributed by atoms with Crippen molar-refractivity contribution in [3.63, 3.8) is 0 Å². The molecule has 1 aromatic heterocycles. The normalized spacial score (nSPS) is 12.8. The Morgan fingerprint density at radius 2 is 1.42 bits per heavy atom. The van der Waals surface area contributed by atoms with Crippen molar-refractivity contribution in [2.75, 3.05) is 0 Å². The van der Waals surface area contributed by atoms with Crippen LogP contribution in [-0.2, 0) is 7.59 Å². The molecule has 128 valence electrons. The first-order chi connectivity index (χ1) is 11.0. The second-order valence-corrected chi connectivity index (χ2v) is 10.1. The van der Waals surface area contributed by atoms with Crippen molar-refractivity contribution >= 4 is 97.7 Å². The van der Waals surface area contributed by atoms with Crippen molar-refractivity contribution in [3.8, 4) is 0 Å². The third-order valence-corrected chi connectivity index (χ3v) is 4.65. The summed E-state index contributed by atoms with van der Waals surface area (Å²) >= 11 is 38.4. The predicted molar refractivity (Wildman–Crippen MR) is 106 cm³/mol. The number of nitrogens with zero attached hydrogens (tertiary/aromatic N) is 3. The Balaban J connectivity index is 2.45. The molecule has 1 aromatic carbocycles. The van der Waals surface area contributed by atoms with E-state index < -0.39 is 7.59 Å². The van der Waals surface area contributed by atoms with Crippen molar-refractivity contribution in [3.05, 3.63) is 51.3 Å². The zero-order valence-corrected chi connectivity index (χ0v) is 18.0. The Hall–Kier alpha value is 0.190. The van der Waals surface area contributed by atoms with Crippen LogP contribution in [0.5, 0.6) is 0 Å². The highest BCUT2D eigenvalue weighted by atomic mass is 79.9. The lowest BCUT2D eigenvalue weighted by Crippen LogP contribution is -2.16. The van der Waals surface area contributed by atoms with Gasteiger partial charge in [0.1, 0.15) is 0 Å². The van der Waals surface area contributed by atoms with Crippen LogP contribution in [0.15, 0.2) is 22.7 Å². The van der Waals surface area contributed by atoms with Crippen LogP contribution >= 0.6 is 85.5 Å². The van der Waals surface area contributed by atoms with Gasteiger partial charge in [-0.25, -0.2) is 15.0 Å². The van der Waals surface area contributed by atoms with Crippen molar-refractivity contribution in [2.24, 2.45) is 0 Å². The van der Waals surface area contributed by atoms with E-state index in [0.717, 1.165) is 15.6 Å². The van der Waals surface area contributed by atoms with E-state index in [-0.39, 0.29) is 17.5 Å². The first kappa shape index (κ1) is 20.5. The second-order valence-electron chi connectivity index (χ2n) is 4.68. The third-order valence-electron chi connectivity index (χ3n) is 2.78. The molecule has 0 amide bonds. The highest BCUT2D eigenvalue weighted by Crippen LogP contribution is 2.40. The maximum atomic E-state index is 5.83. The maximum absolute atomic E-state index is 5.83. The number of aromatic nitrogens is 3. The minimum Gasteiger partial charge on any atom is -0.209 e. The van der Waals surface area contributed by atoms with Gasteiger partial charge in [-0.2, -0.15) is 0 Å². The fourth-order valence-corrected chi connectivity index (χ4v) is 2.51. The van der Waals surface area contributed by atoms with E-state index in [1.165, 1.54) is 0 Å². The van der Waals surface area contributed by atoms with Gasteiger partial charge >= 0.3 is 0 Å². The van der Waals surface area contributed by atoms with E-state index in [1.54, 1.807) is 12.2 Å². The average molecular weight is 511 g/mol. The smallest absolute Gasteiger partial charge is 0.209 e. The maximum Gasteiger partial charge on any atom is 0.250 e. The molecule has 0 unspecified atom stereocenters. The quantitative estimate of drug-likeness (QED) is 0.419. The van der Waals surface area contributed by atoms with Crippen LogP contribution in [0.3, 0.4) is 0 Å². The summed E-state index contributed by atoms with van der Waals surface area (Å²) in [6.45, 7) is 1.99. The molecule has 10 heteroatoms. The van der Waals surface area contributed by atoms with E-state index in [1.807, 2.05) is 25.1 Å². The molecule has 0 saturated heterocycles. The summed E-state index contributed by atoms with van der Waals surface area (Å²) in [4.78, 5) is 12.1. The summed E-state index contributed by atoms with van der Waals surface area (Å²) in [5, 5.41) is 0. The summed E-state index contributed by atoms with van der Waals surface area (Å²) < 4.78 is -2.77. The lowest BCUT2D eigenvalue weighted by Gasteiger charge is -2.14. The van der Waals surface area contributed by atoms with Gasteiger partial charge in [-0.15, -0.1) is 0 Å². The topological polar surface area (TPSA) is 38.7 Å². The summed E-state index contributed by atoms with van der Waals surface area (Å²) in [6.07, 6.45) is 3.39. The van der Waals surface area contributed by atoms with Crippen LogP contribution in [0.1, 0.15) is 28.6 Å². The van der Waals surface area contributed by atoms with E-state index in [0.29, 0.717) is 0 Å². The monoisotopic (exact) mass is 507 g/mol. The highest BCUT2D eigenvalue weighted by Gasteiger charge is 2.33. The molecule has 2 rings (SSSR count). The fraction of sp³-hybridized carbons (Fsp3) is 0.214. The zero-order chi connectivity index (χ0) is 18.1. The van der Waals surface area contributed by atoms with Gasteiger partial charge in [0.05, 0.1) is 0 Å². The minimum atomic E-state index is -1.87. The van der Waals surface area contributed by atoms with Gasteiger partial charge in [-0.1, -0.05) is 104 Å². The van der Waals surface area contributed by atoms with Gasteiger partial charge in [-0.05, 0) is 30.2 Å². The molecule has 0 bridgehead atoms. The van der Waals surface area contributed by atoms with Crippen molar-refractivity contribution in [1.29, 1.82) is 0 Å². The molecule has 0 aliphatic rings. The molecule has 0 N–H and O–H groups in total. The van der Waals surface area contributed by atoms with E-state index in [2.05, 4.69) is 30.9 Å². The average Bonchev–Trinajstić information content (AvgIpc) is 2.46. The van der Waals surface area contributed by atoms with Gasteiger partial charge in [0.2, 0.25) is 7.59 Å². The number of alkyl halides is 6. The molecule has 2 aromatic rings. The molecular weight excluding hydrogens is 503 g/mol. The van der Waals surface area contributed by atoms with Gasteiger partial charge < -0.3 is 0 Å². The molecule has 0 fully saturated rings. The number of benzene rings is 1. The van der Waals surface area contributed by atoms with Gasteiger partial charge in [0.25, 0.3) is 0 Å². The predicted octanol–water partition coefficient (Wildman–Crippen LogP) is 6.77. The number of hydrogen-bond acceptors (Lipinski definition) is 3. The first-order valence-corrected chi connectivity index (χ1v) is 9.37. The van der Waals surface area contributed by atoms with Crippen LogP contribution in [0.25, 0.3) is 12.2 Å². The van der Waals surface area contributed by atoms with Crippen LogP contribution in [0.4, 0.5) is 0 Å². The lowest BCUT2D eigenvalue weighted by molar-refractivity contribution is 0.835. The molecule has 1 heterocycles. The Morgan fingerprint density at radius 1 is 0.875 bits per heavy atom. The molecule has 0 radical (unpaired) electrons. The molecule has 0 saturated carbocycles. The minimum absolute atomic E-state index is 0.131. The lowest BCUT2D eigenvalue weighted by atomic mass is 10.1. The molecule has 0 spiro atoms. The molecule has 0 aliphatic carbocycles. The van der Waals surface area contributed by atoms with Gasteiger partial charge in [-0.3, -0.25) is 0 Å². The first-order valence-electron chi connectivity index (χ1n) is 6.31. The molecule has 3 nitrogen and oxygen atoms in total. The number of aryl methyl sites for hydroxylation is 1. The molecular formula is C14H8BrCl6N3. The number of rotatable bonds is 2. The van der Waals surface area contributed by atoms with E-state index in [9.17, 15) is 0 Å². The summed E-state index contributed by atoms with van der Waals surface area (Å²) in [6, 6.07) is 5.85. The van der Waals surface area contributed by atoms with E-state index >= 15 is 0 Å². The third kappa shape index (κ3) is 5.60. The van der Waals surface area contributed by atoms with Crippen LogP contribution in [0, 0.1) is 6.92 Å². The van der Waals surface area contributed by atoms with Gasteiger partial charge in [0.15, 0.2) is 17.5 Å². The van der Waals surface area contributed by atoms with Crippen LogP contribution in [-0.4, -0.2) is 15.0 Å². The van der Waals surface area contributed by atoms with Crippen molar-refractivity contribution in [1.82, 2.24) is 15.0 Å². The van der Waals surface area contributed by atoms with Crippen molar-refractivity contribution in [2.45, 2.75) is 14.5 Å². The molecule has 0 atom stereocenters. The Labute approximate surface area is 177 Å². The summed E-state index contributed by atoms with van der Waals surface area (Å²) in [7, 11) is 0. The Bertz CT molecular complexity index is 751. The SMILES string of the molecule is Cc1ccc(C=Cc2nc(C(Cl)(Cl)Cl)nc(C(Cl)(Cl)Cl)n2)cc1Br. The standard InChI is InChI=1S/C14H8BrCl6N3/c1-7-2-3-8(6-9(7)15)4-5-10-22-11(13(16,17)18)24-12(23-10)14(19,20)21/h2-6H,1H3. The fourth-order valence-electron chi connectivity index (χ4n) is 1.60. The summed E-state index contributed by atoms with van der Waals surface area (Å²) in [5.74, 6) is -0.0635. The van der Waals surface area contributed by atoms with Gasteiger partial charge in [0, 0.05) is 4.47 Å². The zero-order valence-electron chi connectivity index (χ0n) is 11.9. The highest BCUT2D eigenvalue weighted by molar-refractivity contribution is 9.10. The van der Waals surface area contributed by atoms with E-state index in [4.69, 9.17) is 69.6 Å². The van der Waals surface area contributed by atoms with Crippen LogP contribution in [0.2, 0.25) is 0 Å². The van der Waals surface area contributed by atoms with Crippen LogP contribution < -0.4 is 0 Å². The second kappa shape index (κ2) is 7.83. The summed E-state index contributed by atoms with van der Waals surface area (Å²) in [5.41, 5.74) is 2.03. The largest absolute Gasteiger partial charge is 0.250 e. The van der Waals surface area contributed by atoms with Crippen molar-refractivity contribution < 1.29 is 0 Å². The Kier molecular flexibility index (Phi) is 6.69. The number of hydrogen-bond donors (Lipinski definition) is 0. The molecule has 24 heavy (non-hydrogen) atoms.